The van der Waals surface area contributed by atoms with Crippen molar-refractivity contribution < 1.29 is 4.79 Å². The van der Waals surface area contributed by atoms with Crippen molar-refractivity contribution in [2.75, 3.05) is 5.75 Å². The molecule has 0 saturated carbocycles. The Labute approximate surface area is 137 Å². The van der Waals surface area contributed by atoms with Gasteiger partial charge < -0.3 is 0 Å². The van der Waals surface area contributed by atoms with Gasteiger partial charge >= 0.3 is 0 Å². The monoisotopic (exact) mass is 310 g/mol. The molecule has 2 aromatic carbocycles. The molecular formula is C20H22OS. The first-order valence-corrected chi connectivity index (χ1v) is 8.75. The minimum absolute atomic E-state index is 0.0469. The second-order valence-corrected chi connectivity index (χ2v) is 6.48. The summed E-state index contributed by atoms with van der Waals surface area (Å²) in [6.07, 6.45) is 5.79. The van der Waals surface area contributed by atoms with E-state index >= 15 is 0 Å². The van der Waals surface area contributed by atoms with Crippen LogP contribution in [0.15, 0.2) is 59.5 Å². The first kappa shape index (κ1) is 16.6. The summed E-state index contributed by atoms with van der Waals surface area (Å²) in [7, 11) is 0. The zero-order valence-corrected chi connectivity index (χ0v) is 14.0. The van der Waals surface area contributed by atoms with Gasteiger partial charge in [-0.15, -0.1) is 11.8 Å². The topological polar surface area (TPSA) is 17.1 Å². The highest BCUT2D eigenvalue weighted by molar-refractivity contribution is 7.99. The van der Waals surface area contributed by atoms with E-state index in [0.29, 0.717) is 0 Å². The summed E-state index contributed by atoms with van der Waals surface area (Å²) >= 11 is 1.78. The van der Waals surface area contributed by atoms with Gasteiger partial charge in [0.05, 0.1) is 0 Å². The van der Waals surface area contributed by atoms with E-state index in [2.05, 4.69) is 38.1 Å². The molecular weight excluding hydrogens is 288 g/mol. The standard InChI is InChI=1S/C20H22OS/c1-3-5-16-6-8-17(9-7-16)10-15-20(21)18-11-13-19(14-12-18)22-4-2/h6-15H,3-5H2,1-2H3/b15-10+. The van der Waals surface area contributed by atoms with Gasteiger partial charge in [-0.2, -0.15) is 0 Å². The second kappa shape index (κ2) is 8.60. The van der Waals surface area contributed by atoms with E-state index in [-0.39, 0.29) is 5.78 Å². The number of hydrogen-bond donors (Lipinski definition) is 0. The van der Waals surface area contributed by atoms with Crippen LogP contribution in [0.5, 0.6) is 0 Å². The number of allylic oxidation sites excluding steroid dienone is 1. The average molecular weight is 310 g/mol. The summed E-state index contributed by atoms with van der Waals surface area (Å²) in [6.45, 7) is 4.30. The van der Waals surface area contributed by atoms with Crippen molar-refractivity contribution in [2.24, 2.45) is 0 Å². The lowest BCUT2D eigenvalue weighted by Crippen LogP contribution is -1.93. The van der Waals surface area contributed by atoms with Crippen molar-refractivity contribution in [1.29, 1.82) is 0 Å². The Morgan fingerprint density at radius 1 is 1.00 bits per heavy atom. The zero-order valence-electron chi connectivity index (χ0n) is 13.2. The summed E-state index contributed by atoms with van der Waals surface area (Å²) in [5.41, 5.74) is 3.14. The van der Waals surface area contributed by atoms with Crippen molar-refractivity contribution in [3.05, 3.63) is 71.3 Å². The maximum Gasteiger partial charge on any atom is 0.185 e. The van der Waals surface area contributed by atoms with Gasteiger partial charge in [-0.25, -0.2) is 0 Å². The normalized spacial score (nSPS) is 11.0. The highest BCUT2D eigenvalue weighted by Crippen LogP contribution is 2.18. The molecule has 0 saturated heterocycles. The van der Waals surface area contributed by atoms with E-state index in [4.69, 9.17) is 0 Å². The molecule has 2 heteroatoms. The minimum atomic E-state index is 0.0469. The molecule has 0 N–H and O–H groups in total. The van der Waals surface area contributed by atoms with Gasteiger partial charge in [-0.05, 0) is 53.6 Å². The fourth-order valence-electron chi connectivity index (χ4n) is 2.23. The highest BCUT2D eigenvalue weighted by atomic mass is 32.2. The SMILES string of the molecule is CCCc1ccc(/C=C/C(=O)c2ccc(SCC)cc2)cc1. The molecule has 114 valence electrons. The van der Waals surface area contributed by atoms with E-state index < -0.39 is 0 Å². The fraction of sp³-hybridized carbons (Fsp3) is 0.250. The largest absolute Gasteiger partial charge is 0.289 e. The van der Waals surface area contributed by atoms with E-state index in [9.17, 15) is 4.79 Å². The molecule has 0 aliphatic carbocycles. The van der Waals surface area contributed by atoms with Crippen molar-refractivity contribution in [3.63, 3.8) is 0 Å². The number of aryl methyl sites for hydroxylation is 1. The molecule has 0 fully saturated rings. The maximum atomic E-state index is 12.2. The zero-order chi connectivity index (χ0) is 15.8. The molecule has 2 aromatic rings. The number of ketones is 1. The van der Waals surface area contributed by atoms with Crippen LogP contribution in [-0.2, 0) is 6.42 Å². The van der Waals surface area contributed by atoms with Gasteiger partial charge in [0.2, 0.25) is 0 Å². The highest BCUT2D eigenvalue weighted by Gasteiger charge is 2.01. The Balaban J connectivity index is 2.00. The Hall–Kier alpha value is -1.80. The summed E-state index contributed by atoms with van der Waals surface area (Å²) in [5.74, 6) is 1.09. The smallest absolute Gasteiger partial charge is 0.185 e. The summed E-state index contributed by atoms with van der Waals surface area (Å²) in [5, 5.41) is 0. The summed E-state index contributed by atoms with van der Waals surface area (Å²) in [6, 6.07) is 16.2. The van der Waals surface area contributed by atoms with E-state index in [1.165, 1.54) is 10.5 Å². The molecule has 0 amide bonds. The molecule has 0 aromatic heterocycles. The van der Waals surface area contributed by atoms with E-state index in [0.717, 1.165) is 29.7 Å². The van der Waals surface area contributed by atoms with Crippen molar-refractivity contribution in [2.45, 2.75) is 31.6 Å². The first-order chi connectivity index (χ1) is 10.7. The molecule has 2 rings (SSSR count). The van der Waals surface area contributed by atoms with Crippen molar-refractivity contribution >= 4 is 23.6 Å². The van der Waals surface area contributed by atoms with Crippen LogP contribution in [-0.4, -0.2) is 11.5 Å². The molecule has 1 nitrogen and oxygen atoms in total. The van der Waals surface area contributed by atoms with Crippen molar-refractivity contribution in [1.82, 2.24) is 0 Å². The van der Waals surface area contributed by atoms with Crippen LogP contribution in [0.1, 0.15) is 41.8 Å². The third kappa shape index (κ3) is 4.88. The van der Waals surface area contributed by atoms with E-state index in [1.807, 2.05) is 30.3 Å². The summed E-state index contributed by atoms with van der Waals surface area (Å²) < 4.78 is 0. The Kier molecular flexibility index (Phi) is 6.47. The number of carbonyl (C=O) groups is 1. The minimum Gasteiger partial charge on any atom is -0.289 e. The van der Waals surface area contributed by atoms with Gasteiger partial charge in [0.1, 0.15) is 0 Å². The van der Waals surface area contributed by atoms with Gasteiger partial charge in [0, 0.05) is 10.5 Å². The van der Waals surface area contributed by atoms with Crippen LogP contribution in [0.25, 0.3) is 6.08 Å². The predicted molar refractivity (Wildman–Crippen MR) is 96.6 cm³/mol. The number of carbonyl (C=O) groups excluding carboxylic acids is 1. The number of rotatable bonds is 7. The fourth-order valence-corrected chi connectivity index (χ4v) is 2.90. The van der Waals surface area contributed by atoms with E-state index in [1.54, 1.807) is 17.8 Å². The van der Waals surface area contributed by atoms with Crippen LogP contribution in [0.4, 0.5) is 0 Å². The lowest BCUT2D eigenvalue weighted by molar-refractivity contribution is 0.104. The third-order valence-corrected chi connectivity index (χ3v) is 4.29. The molecule has 0 aliphatic rings. The Morgan fingerprint density at radius 3 is 2.27 bits per heavy atom. The molecule has 0 radical (unpaired) electrons. The maximum absolute atomic E-state index is 12.2. The average Bonchev–Trinajstić information content (AvgIpc) is 2.55. The first-order valence-electron chi connectivity index (χ1n) is 7.77. The molecule has 0 heterocycles. The quantitative estimate of drug-likeness (QED) is 0.373. The van der Waals surface area contributed by atoms with Crippen LogP contribution < -0.4 is 0 Å². The molecule has 0 spiro atoms. The molecule has 0 atom stereocenters. The lowest BCUT2D eigenvalue weighted by Gasteiger charge is -2.01. The van der Waals surface area contributed by atoms with Crippen LogP contribution in [0, 0.1) is 0 Å². The molecule has 0 aliphatic heterocycles. The van der Waals surface area contributed by atoms with Crippen molar-refractivity contribution in [3.8, 4) is 0 Å². The third-order valence-electron chi connectivity index (χ3n) is 3.40. The lowest BCUT2D eigenvalue weighted by atomic mass is 10.1. The molecule has 22 heavy (non-hydrogen) atoms. The van der Waals surface area contributed by atoms with Gasteiger partial charge in [0.25, 0.3) is 0 Å². The van der Waals surface area contributed by atoms with Crippen LogP contribution in [0.2, 0.25) is 0 Å². The van der Waals surface area contributed by atoms with Gasteiger partial charge in [0.15, 0.2) is 5.78 Å². The number of benzene rings is 2. The molecule has 0 bridgehead atoms. The second-order valence-electron chi connectivity index (χ2n) is 5.15. The Bertz CT molecular complexity index is 624. The summed E-state index contributed by atoms with van der Waals surface area (Å²) in [4.78, 5) is 13.4. The Morgan fingerprint density at radius 2 is 1.68 bits per heavy atom. The van der Waals surface area contributed by atoms with Crippen LogP contribution >= 0.6 is 11.8 Å². The van der Waals surface area contributed by atoms with Gasteiger partial charge in [-0.3, -0.25) is 4.79 Å². The number of thioether (sulfide) groups is 1. The van der Waals surface area contributed by atoms with Crippen LogP contribution in [0.3, 0.4) is 0 Å². The molecule has 0 unspecified atom stereocenters. The predicted octanol–water partition coefficient (Wildman–Crippen LogP) is 5.65. The number of hydrogen-bond acceptors (Lipinski definition) is 2. The van der Waals surface area contributed by atoms with Gasteiger partial charge in [-0.1, -0.05) is 50.6 Å².